The Bertz CT molecular complexity index is 1140. The van der Waals surface area contributed by atoms with Gasteiger partial charge in [-0.25, -0.2) is 0 Å². The number of fused-ring (bicyclic) bond motifs is 4. The molecule has 2 aromatic carbocycles. The number of imide groups is 1. The zero-order chi connectivity index (χ0) is 22.1. The summed E-state index contributed by atoms with van der Waals surface area (Å²) in [7, 11) is 0. The van der Waals surface area contributed by atoms with Crippen LogP contribution in [0.1, 0.15) is 18.1 Å². The molecular formula is C22H19Cl2N3O4. The van der Waals surface area contributed by atoms with E-state index in [1.807, 2.05) is 0 Å². The number of carbonyl (C=O) groups is 3. The van der Waals surface area contributed by atoms with Crippen LogP contribution in [0.15, 0.2) is 42.5 Å². The van der Waals surface area contributed by atoms with Gasteiger partial charge in [-0.15, -0.1) is 0 Å². The van der Waals surface area contributed by atoms with Gasteiger partial charge in [-0.2, -0.15) is 0 Å². The third-order valence-electron chi connectivity index (χ3n) is 6.53. The highest BCUT2D eigenvalue weighted by atomic mass is 35.5. The second-order valence-electron chi connectivity index (χ2n) is 8.19. The van der Waals surface area contributed by atoms with Crippen LogP contribution in [-0.4, -0.2) is 39.9 Å². The topological polar surface area (TPSA) is 98.7 Å². The summed E-state index contributed by atoms with van der Waals surface area (Å²) >= 11 is 12.5. The lowest BCUT2D eigenvalue weighted by atomic mass is 9.76. The van der Waals surface area contributed by atoms with Crippen molar-refractivity contribution in [2.45, 2.75) is 31.2 Å². The molecule has 5 atom stereocenters. The average molecular weight is 460 g/mol. The summed E-state index contributed by atoms with van der Waals surface area (Å²) in [5.41, 5.74) is 0.0512. The summed E-state index contributed by atoms with van der Waals surface area (Å²) in [6.45, 7) is 1.53. The molecular weight excluding hydrogens is 441 g/mol. The highest BCUT2D eigenvalue weighted by molar-refractivity contribution is 6.35. The first-order valence-corrected chi connectivity index (χ1v) is 10.7. The number of anilines is 1. The molecule has 2 aromatic rings. The minimum atomic E-state index is -1.49. The zero-order valence-corrected chi connectivity index (χ0v) is 17.9. The maximum absolute atomic E-state index is 13.6. The quantitative estimate of drug-likeness (QED) is 0.611. The van der Waals surface area contributed by atoms with E-state index in [2.05, 4.69) is 10.6 Å². The van der Waals surface area contributed by atoms with Crippen molar-refractivity contribution in [3.8, 4) is 0 Å². The van der Waals surface area contributed by atoms with Gasteiger partial charge in [-0.1, -0.05) is 53.5 Å². The molecule has 2 saturated heterocycles. The Morgan fingerprint density at radius 1 is 1.06 bits per heavy atom. The molecule has 3 N–H and O–H groups in total. The number of para-hydroxylation sites is 1. The lowest BCUT2D eigenvalue weighted by Gasteiger charge is -2.30. The fourth-order valence-electron chi connectivity index (χ4n) is 5.15. The number of nitrogens with one attached hydrogen (secondary N) is 2. The monoisotopic (exact) mass is 459 g/mol. The summed E-state index contributed by atoms with van der Waals surface area (Å²) in [6, 6.07) is 11.2. The van der Waals surface area contributed by atoms with Crippen LogP contribution in [0, 0.1) is 11.8 Å². The Morgan fingerprint density at radius 2 is 1.77 bits per heavy atom. The molecule has 31 heavy (non-hydrogen) atoms. The summed E-state index contributed by atoms with van der Waals surface area (Å²) in [5, 5.41) is 17.1. The van der Waals surface area contributed by atoms with Crippen LogP contribution in [0.3, 0.4) is 0 Å². The first-order chi connectivity index (χ1) is 14.8. The Labute approximate surface area is 188 Å². The van der Waals surface area contributed by atoms with Gasteiger partial charge in [0, 0.05) is 16.6 Å². The molecule has 160 valence electrons. The lowest BCUT2D eigenvalue weighted by molar-refractivity contribution is -0.143. The normalized spacial score (nSPS) is 30.0. The van der Waals surface area contributed by atoms with Crippen LogP contribution in [-0.2, 0) is 26.5 Å². The van der Waals surface area contributed by atoms with Gasteiger partial charge in [0.25, 0.3) is 0 Å². The molecule has 3 amide bonds. The van der Waals surface area contributed by atoms with Gasteiger partial charge < -0.3 is 10.4 Å². The van der Waals surface area contributed by atoms with E-state index in [1.165, 1.54) is 6.92 Å². The highest BCUT2D eigenvalue weighted by Gasteiger charge is 2.71. The van der Waals surface area contributed by atoms with Crippen molar-refractivity contribution in [3.05, 3.63) is 63.6 Å². The van der Waals surface area contributed by atoms with Crippen molar-refractivity contribution in [1.29, 1.82) is 0 Å². The molecule has 0 radical (unpaired) electrons. The molecule has 0 bridgehead atoms. The average Bonchev–Trinajstić information content (AvgIpc) is 3.32. The Morgan fingerprint density at radius 3 is 2.48 bits per heavy atom. The minimum Gasteiger partial charge on any atom is -0.392 e. The lowest BCUT2D eigenvalue weighted by Crippen LogP contribution is -2.54. The van der Waals surface area contributed by atoms with E-state index in [0.29, 0.717) is 26.9 Å². The minimum absolute atomic E-state index is 0.00300. The third-order valence-corrected chi connectivity index (χ3v) is 7.21. The molecule has 3 aliphatic rings. The number of aliphatic hydroxyl groups is 1. The number of benzene rings is 2. The van der Waals surface area contributed by atoms with Crippen LogP contribution in [0.25, 0.3) is 0 Å². The van der Waals surface area contributed by atoms with Gasteiger partial charge in [-0.05, 0) is 24.6 Å². The standard InChI is InChI=1S/C22H19Cl2N3O4/c1-10(28)17-15-16(20(30)27(19(15)29)9-11-5-2-3-7-13(11)23)22(26-17)12-6-4-8-14(24)18(12)25-21(22)31/h2-8,10,15-17,26,28H,9H2,1H3,(H,25,31)/t10-,15-,16-,17+,22-/m0/s1. The number of rotatable bonds is 3. The summed E-state index contributed by atoms with van der Waals surface area (Å²) < 4.78 is 0. The van der Waals surface area contributed by atoms with E-state index in [-0.39, 0.29) is 6.54 Å². The maximum Gasteiger partial charge on any atom is 0.250 e. The summed E-state index contributed by atoms with van der Waals surface area (Å²) in [6.07, 6.45) is -0.972. The fraction of sp³-hybridized carbons (Fsp3) is 0.318. The third kappa shape index (κ3) is 2.70. The van der Waals surface area contributed by atoms with E-state index in [0.717, 1.165) is 4.90 Å². The van der Waals surface area contributed by atoms with Crippen molar-refractivity contribution >= 4 is 46.6 Å². The molecule has 3 aliphatic heterocycles. The molecule has 0 aliphatic carbocycles. The molecule has 7 nitrogen and oxygen atoms in total. The van der Waals surface area contributed by atoms with Gasteiger partial charge in [0.1, 0.15) is 5.54 Å². The maximum atomic E-state index is 13.6. The number of hydrogen-bond acceptors (Lipinski definition) is 5. The van der Waals surface area contributed by atoms with Gasteiger partial charge >= 0.3 is 0 Å². The van der Waals surface area contributed by atoms with Crippen LogP contribution >= 0.6 is 23.2 Å². The second-order valence-corrected chi connectivity index (χ2v) is 9.01. The van der Waals surface area contributed by atoms with E-state index < -0.39 is 47.2 Å². The highest BCUT2D eigenvalue weighted by Crippen LogP contribution is 2.54. The van der Waals surface area contributed by atoms with Crippen LogP contribution in [0.5, 0.6) is 0 Å². The van der Waals surface area contributed by atoms with E-state index in [1.54, 1.807) is 42.5 Å². The molecule has 2 fully saturated rings. The van der Waals surface area contributed by atoms with Gasteiger partial charge in [0.15, 0.2) is 0 Å². The molecule has 0 unspecified atom stereocenters. The van der Waals surface area contributed by atoms with Crippen molar-refractivity contribution in [1.82, 2.24) is 10.2 Å². The molecule has 3 heterocycles. The molecule has 0 saturated carbocycles. The molecule has 5 rings (SSSR count). The number of likely N-dealkylation sites (tertiary alicyclic amines) is 1. The van der Waals surface area contributed by atoms with Crippen molar-refractivity contribution in [3.63, 3.8) is 0 Å². The van der Waals surface area contributed by atoms with E-state index in [9.17, 15) is 19.5 Å². The largest absolute Gasteiger partial charge is 0.392 e. The van der Waals surface area contributed by atoms with Crippen LogP contribution in [0.2, 0.25) is 10.0 Å². The Kier molecular flexibility index (Phi) is 4.64. The summed E-state index contributed by atoms with van der Waals surface area (Å²) in [5.74, 6) is -3.29. The Balaban J connectivity index is 1.63. The van der Waals surface area contributed by atoms with Crippen LogP contribution < -0.4 is 10.6 Å². The predicted octanol–water partition coefficient (Wildman–Crippen LogP) is 2.29. The fourth-order valence-corrected chi connectivity index (χ4v) is 5.57. The van der Waals surface area contributed by atoms with Gasteiger partial charge in [-0.3, -0.25) is 24.6 Å². The Hall–Kier alpha value is -2.45. The number of amides is 3. The van der Waals surface area contributed by atoms with Crippen molar-refractivity contribution in [2.24, 2.45) is 11.8 Å². The zero-order valence-electron chi connectivity index (χ0n) is 16.4. The predicted molar refractivity (Wildman–Crippen MR) is 114 cm³/mol. The van der Waals surface area contributed by atoms with Crippen molar-refractivity contribution in [2.75, 3.05) is 5.32 Å². The number of halogens is 2. The molecule has 1 spiro atoms. The summed E-state index contributed by atoms with van der Waals surface area (Å²) in [4.78, 5) is 41.4. The smallest absolute Gasteiger partial charge is 0.250 e. The van der Waals surface area contributed by atoms with Gasteiger partial charge in [0.05, 0.1) is 35.2 Å². The van der Waals surface area contributed by atoms with E-state index >= 15 is 0 Å². The number of nitrogens with zero attached hydrogens (tertiary/aromatic N) is 1. The van der Waals surface area contributed by atoms with Crippen LogP contribution in [0.4, 0.5) is 5.69 Å². The van der Waals surface area contributed by atoms with Gasteiger partial charge in [0.2, 0.25) is 17.7 Å². The first kappa shape index (κ1) is 20.5. The number of aliphatic hydroxyl groups excluding tert-OH is 1. The van der Waals surface area contributed by atoms with E-state index in [4.69, 9.17) is 23.2 Å². The SMILES string of the molecule is C[C@H](O)[C@H]1N[C@]2(C(=O)Nc3c(Cl)cccc32)[C@@H]2C(=O)N(Cc3ccccc3Cl)C(=O)[C@H]12. The first-order valence-electron chi connectivity index (χ1n) is 9.92. The number of carbonyl (C=O) groups excluding carboxylic acids is 3. The molecule has 0 aromatic heterocycles. The number of hydrogen-bond donors (Lipinski definition) is 3. The molecule has 9 heteroatoms. The second kappa shape index (κ2) is 7.03. The van der Waals surface area contributed by atoms with Crippen molar-refractivity contribution < 1.29 is 19.5 Å².